The highest BCUT2D eigenvalue weighted by molar-refractivity contribution is 6.31. The standard InChI is InChI=1S/C11H18ClN3O/c1-8-11(12)10(15(2)14-8)6-13-5-9-3-4-16-7-9/h9,13H,3-7H2,1-2H3. The van der Waals surface area contributed by atoms with Crippen molar-refractivity contribution in [3.63, 3.8) is 0 Å². The van der Waals surface area contributed by atoms with Gasteiger partial charge >= 0.3 is 0 Å². The summed E-state index contributed by atoms with van der Waals surface area (Å²) < 4.78 is 7.17. The maximum absolute atomic E-state index is 6.16. The van der Waals surface area contributed by atoms with E-state index in [0.29, 0.717) is 5.92 Å². The first-order chi connectivity index (χ1) is 7.68. The van der Waals surface area contributed by atoms with Crippen LogP contribution in [0.3, 0.4) is 0 Å². The number of halogens is 1. The van der Waals surface area contributed by atoms with E-state index < -0.39 is 0 Å². The van der Waals surface area contributed by atoms with Gasteiger partial charge in [-0.25, -0.2) is 0 Å². The molecular weight excluding hydrogens is 226 g/mol. The summed E-state index contributed by atoms with van der Waals surface area (Å²) in [5, 5.41) is 8.47. The van der Waals surface area contributed by atoms with E-state index in [9.17, 15) is 0 Å². The van der Waals surface area contributed by atoms with Crippen molar-refractivity contribution in [3.8, 4) is 0 Å². The van der Waals surface area contributed by atoms with E-state index in [4.69, 9.17) is 16.3 Å². The van der Waals surface area contributed by atoms with Crippen LogP contribution in [0.1, 0.15) is 17.8 Å². The van der Waals surface area contributed by atoms with E-state index in [1.165, 1.54) is 0 Å². The number of ether oxygens (including phenoxy) is 1. The molecular formula is C11H18ClN3O. The molecule has 1 aromatic rings. The monoisotopic (exact) mass is 243 g/mol. The lowest BCUT2D eigenvalue weighted by Gasteiger charge is -2.09. The summed E-state index contributed by atoms with van der Waals surface area (Å²) in [4.78, 5) is 0. The van der Waals surface area contributed by atoms with Crippen molar-refractivity contribution in [2.45, 2.75) is 19.9 Å². The number of aryl methyl sites for hydroxylation is 2. The van der Waals surface area contributed by atoms with E-state index in [-0.39, 0.29) is 0 Å². The number of nitrogens with zero attached hydrogens (tertiary/aromatic N) is 2. The van der Waals surface area contributed by atoms with Gasteiger partial charge in [-0.1, -0.05) is 11.6 Å². The van der Waals surface area contributed by atoms with Crippen molar-refractivity contribution >= 4 is 11.6 Å². The van der Waals surface area contributed by atoms with Crippen LogP contribution >= 0.6 is 11.6 Å². The number of nitrogens with one attached hydrogen (secondary N) is 1. The highest BCUT2D eigenvalue weighted by Gasteiger charge is 2.16. The van der Waals surface area contributed by atoms with Gasteiger partial charge in [0.2, 0.25) is 0 Å². The summed E-state index contributed by atoms with van der Waals surface area (Å²) in [6, 6.07) is 0. The van der Waals surface area contributed by atoms with Gasteiger partial charge < -0.3 is 10.1 Å². The summed E-state index contributed by atoms with van der Waals surface area (Å²) >= 11 is 6.16. The average Bonchev–Trinajstić information content (AvgIpc) is 2.82. The third-order valence-electron chi connectivity index (χ3n) is 3.01. The molecule has 1 fully saturated rings. The van der Waals surface area contributed by atoms with Crippen LogP contribution in [-0.2, 0) is 18.3 Å². The van der Waals surface area contributed by atoms with E-state index in [1.807, 2.05) is 18.7 Å². The number of hydrogen-bond donors (Lipinski definition) is 1. The third kappa shape index (κ3) is 2.56. The number of hydrogen-bond acceptors (Lipinski definition) is 3. The maximum atomic E-state index is 6.16. The molecule has 1 atom stereocenters. The van der Waals surface area contributed by atoms with E-state index in [2.05, 4.69) is 10.4 Å². The van der Waals surface area contributed by atoms with Crippen LogP contribution in [0.15, 0.2) is 0 Å². The minimum absolute atomic E-state index is 0.646. The molecule has 0 aromatic carbocycles. The molecule has 90 valence electrons. The zero-order chi connectivity index (χ0) is 11.5. The first-order valence-electron chi connectivity index (χ1n) is 5.65. The predicted octanol–water partition coefficient (Wildman–Crippen LogP) is 1.51. The Morgan fingerprint density at radius 1 is 1.62 bits per heavy atom. The minimum Gasteiger partial charge on any atom is -0.381 e. The van der Waals surface area contributed by atoms with Crippen molar-refractivity contribution in [1.82, 2.24) is 15.1 Å². The molecule has 4 nitrogen and oxygen atoms in total. The molecule has 5 heteroatoms. The predicted molar refractivity (Wildman–Crippen MR) is 63.6 cm³/mol. The molecule has 0 amide bonds. The summed E-state index contributed by atoms with van der Waals surface area (Å²) in [5.41, 5.74) is 1.95. The molecule has 0 radical (unpaired) electrons. The summed E-state index contributed by atoms with van der Waals surface area (Å²) in [5.74, 6) is 0.646. The Morgan fingerprint density at radius 2 is 2.44 bits per heavy atom. The van der Waals surface area contributed by atoms with Gasteiger partial charge in [-0.05, 0) is 19.3 Å². The molecule has 1 saturated heterocycles. The maximum Gasteiger partial charge on any atom is 0.0860 e. The first kappa shape index (κ1) is 11.9. The second kappa shape index (κ2) is 5.17. The zero-order valence-corrected chi connectivity index (χ0v) is 10.5. The highest BCUT2D eigenvalue weighted by atomic mass is 35.5. The molecule has 0 bridgehead atoms. The van der Waals surface area contributed by atoms with Crippen molar-refractivity contribution < 1.29 is 4.74 Å². The quantitative estimate of drug-likeness (QED) is 0.871. The number of rotatable bonds is 4. The fourth-order valence-electron chi connectivity index (χ4n) is 2.01. The molecule has 1 unspecified atom stereocenters. The second-order valence-electron chi connectivity index (χ2n) is 4.33. The van der Waals surface area contributed by atoms with Gasteiger partial charge in [0.05, 0.1) is 23.0 Å². The SMILES string of the molecule is Cc1nn(C)c(CNCC2CCOC2)c1Cl. The highest BCUT2D eigenvalue weighted by Crippen LogP contribution is 2.19. The lowest BCUT2D eigenvalue weighted by molar-refractivity contribution is 0.185. The van der Waals surface area contributed by atoms with Crippen LogP contribution in [-0.4, -0.2) is 29.5 Å². The van der Waals surface area contributed by atoms with E-state index in [1.54, 1.807) is 0 Å². The lowest BCUT2D eigenvalue weighted by atomic mass is 10.1. The molecule has 1 aliphatic heterocycles. The van der Waals surface area contributed by atoms with Crippen LogP contribution < -0.4 is 5.32 Å². The number of aromatic nitrogens is 2. The van der Waals surface area contributed by atoms with Gasteiger partial charge in [-0.15, -0.1) is 0 Å². The zero-order valence-electron chi connectivity index (χ0n) is 9.79. The second-order valence-corrected chi connectivity index (χ2v) is 4.71. The topological polar surface area (TPSA) is 39.1 Å². The molecule has 0 saturated carbocycles. The normalized spacial score (nSPS) is 20.6. The van der Waals surface area contributed by atoms with Crippen molar-refractivity contribution in [2.24, 2.45) is 13.0 Å². The molecule has 1 N–H and O–H groups in total. The van der Waals surface area contributed by atoms with Gasteiger partial charge in [0.1, 0.15) is 0 Å². The van der Waals surface area contributed by atoms with Crippen molar-refractivity contribution in [3.05, 3.63) is 16.4 Å². The molecule has 0 spiro atoms. The van der Waals surface area contributed by atoms with Gasteiger partial charge in [-0.3, -0.25) is 4.68 Å². The average molecular weight is 244 g/mol. The molecule has 1 aliphatic rings. The van der Waals surface area contributed by atoms with Crippen LogP contribution in [0.5, 0.6) is 0 Å². The Kier molecular flexibility index (Phi) is 3.84. The van der Waals surface area contributed by atoms with Crippen LogP contribution in [0.2, 0.25) is 5.02 Å². The molecule has 16 heavy (non-hydrogen) atoms. The summed E-state index contributed by atoms with van der Waals surface area (Å²) in [7, 11) is 1.93. The molecule has 0 aliphatic carbocycles. The smallest absolute Gasteiger partial charge is 0.0860 e. The lowest BCUT2D eigenvalue weighted by Crippen LogP contribution is -2.23. The van der Waals surface area contributed by atoms with Crippen molar-refractivity contribution in [2.75, 3.05) is 19.8 Å². The Bertz CT molecular complexity index is 358. The third-order valence-corrected chi connectivity index (χ3v) is 3.50. The van der Waals surface area contributed by atoms with Crippen molar-refractivity contribution in [1.29, 1.82) is 0 Å². The fraction of sp³-hybridized carbons (Fsp3) is 0.727. The molecule has 2 heterocycles. The van der Waals surface area contributed by atoms with Crippen LogP contribution in [0.25, 0.3) is 0 Å². The van der Waals surface area contributed by atoms with Crippen LogP contribution in [0, 0.1) is 12.8 Å². The first-order valence-corrected chi connectivity index (χ1v) is 6.02. The van der Waals surface area contributed by atoms with Gasteiger partial charge in [-0.2, -0.15) is 5.10 Å². The van der Waals surface area contributed by atoms with E-state index in [0.717, 1.165) is 49.1 Å². The van der Waals surface area contributed by atoms with Gasteiger partial charge in [0.25, 0.3) is 0 Å². The van der Waals surface area contributed by atoms with Crippen LogP contribution in [0.4, 0.5) is 0 Å². The van der Waals surface area contributed by atoms with E-state index >= 15 is 0 Å². The summed E-state index contributed by atoms with van der Waals surface area (Å²) in [6.07, 6.45) is 1.16. The van der Waals surface area contributed by atoms with Gasteiger partial charge in [0.15, 0.2) is 0 Å². The Balaban J connectivity index is 1.84. The van der Waals surface area contributed by atoms with Gasteiger partial charge in [0, 0.05) is 26.7 Å². The molecule has 2 rings (SSSR count). The summed E-state index contributed by atoms with van der Waals surface area (Å²) in [6.45, 7) is 5.47. The Morgan fingerprint density at radius 3 is 3.00 bits per heavy atom. The Labute approximate surface area is 101 Å². The largest absolute Gasteiger partial charge is 0.381 e. The fourth-order valence-corrected chi connectivity index (χ4v) is 2.24. The molecule has 1 aromatic heterocycles. The Hall–Kier alpha value is -0.580. The minimum atomic E-state index is 0.646.